The average molecular weight is 512 g/mol. The number of rotatable bonds is 8. The Labute approximate surface area is 212 Å². The number of carbonyl (C=O) groups excluding carboxylic acids is 2. The van der Waals surface area contributed by atoms with Crippen LogP contribution < -0.4 is 14.8 Å². The summed E-state index contributed by atoms with van der Waals surface area (Å²) in [6, 6.07) is 14.1. The van der Waals surface area contributed by atoms with Gasteiger partial charge in [0.1, 0.15) is 12.3 Å². The summed E-state index contributed by atoms with van der Waals surface area (Å²) in [7, 11) is -3.79. The molecule has 2 saturated carbocycles. The van der Waals surface area contributed by atoms with E-state index >= 15 is 0 Å². The average Bonchev–Trinajstić information content (AvgIpc) is 3.48. The molecule has 2 N–H and O–H groups in total. The van der Waals surface area contributed by atoms with Crippen molar-refractivity contribution < 1.29 is 22.7 Å². The Morgan fingerprint density at radius 1 is 0.972 bits per heavy atom. The van der Waals surface area contributed by atoms with Crippen LogP contribution in [0.15, 0.2) is 53.4 Å². The standard InChI is InChI=1S/C27H33N3O5S/c31-25-19-30(26(32)28-25)18-20-11-13-21(14-12-20)27(15-4-1-5-16-27)29-36(33,34)24-10-6-9-23(17-24)35-22-7-2-3-8-22/h6,9-14,17,22,29H,1-5,7-8,15-16,18-19H2,(H,28,31,32). The van der Waals surface area contributed by atoms with E-state index in [1.54, 1.807) is 18.2 Å². The van der Waals surface area contributed by atoms with Gasteiger partial charge < -0.3 is 9.64 Å². The Bertz CT molecular complexity index is 1220. The normalized spacial score (nSPS) is 20.5. The van der Waals surface area contributed by atoms with Crippen LogP contribution in [0.4, 0.5) is 4.79 Å². The third-order valence-electron chi connectivity index (χ3n) is 7.51. The molecule has 192 valence electrons. The van der Waals surface area contributed by atoms with Crippen molar-refractivity contribution in [1.82, 2.24) is 14.9 Å². The maximum Gasteiger partial charge on any atom is 0.324 e. The first-order valence-corrected chi connectivity index (χ1v) is 14.3. The van der Waals surface area contributed by atoms with Crippen LogP contribution in [0.5, 0.6) is 5.75 Å². The summed E-state index contributed by atoms with van der Waals surface area (Å²) < 4.78 is 36.3. The van der Waals surface area contributed by atoms with Crippen LogP contribution in [-0.2, 0) is 26.9 Å². The molecule has 0 radical (unpaired) electrons. The summed E-state index contributed by atoms with van der Waals surface area (Å²) >= 11 is 0. The lowest BCUT2D eigenvalue weighted by Crippen LogP contribution is -2.47. The number of urea groups is 1. The molecule has 5 rings (SSSR count). The van der Waals surface area contributed by atoms with Gasteiger partial charge in [-0.1, -0.05) is 49.6 Å². The molecule has 2 aromatic carbocycles. The second-order valence-corrected chi connectivity index (χ2v) is 11.8. The Morgan fingerprint density at radius 3 is 2.36 bits per heavy atom. The van der Waals surface area contributed by atoms with E-state index in [-0.39, 0.29) is 29.5 Å². The number of benzene rings is 2. The van der Waals surface area contributed by atoms with Crippen molar-refractivity contribution in [1.29, 1.82) is 0 Å². The van der Waals surface area contributed by atoms with E-state index in [9.17, 15) is 18.0 Å². The van der Waals surface area contributed by atoms with Gasteiger partial charge in [-0.2, -0.15) is 0 Å². The molecule has 9 heteroatoms. The quantitative estimate of drug-likeness (QED) is 0.517. The minimum atomic E-state index is -3.79. The summed E-state index contributed by atoms with van der Waals surface area (Å²) in [5.41, 5.74) is 1.10. The van der Waals surface area contributed by atoms with Crippen LogP contribution in [0.2, 0.25) is 0 Å². The van der Waals surface area contributed by atoms with Crippen LogP contribution in [0, 0.1) is 0 Å². The Kier molecular flexibility index (Phi) is 7.03. The van der Waals surface area contributed by atoms with Gasteiger partial charge in [-0.3, -0.25) is 10.1 Å². The fourth-order valence-electron chi connectivity index (χ4n) is 5.59. The molecule has 0 aromatic heterocycles. The maximum absolute atomic E-state index is 13.6. The summed E-state index contributed by atoms with van der Waals surface area (Å²) in [6.45, 7) is 0.373. The van der Waals surface area contributed by atoms with Gasteiger partial charge in [0.05, 0.1) is 16.5 Å². The monoisotopic (exact) mass is 511 g/mol. The fourth-order valence-corrected chi connectivity index (χ4v) is 7.08. The third kappa shape index (κ3) is 5.42. The van der Waals surface area contributed by atoms with Crippen LogP contribution in [0.25, 0.3) is 0 Å². The molecule has 0 bridgehead atoms. The van der Waals surface area contributed by atoms with Gasteiger partial charge in [-0.25, -0.2) is 17.9 Å². The number of nitrogens with one attached hydrogen (secondary N) is 2. The Balaban J connectivity index is 1.35. The molecule has 1 aliphatic heterocycles. The highest BCUT2D eigenvalue weighted by atomic mass is 32.2. The second-order valence-electron chi connectivity index (χ2n) is 10.2. The number of sulfonamides is 1. The minimum Gasteiger partial charge on any atom is -0.490 e. The van der Waals surface area contributed by atoms with Crippen molar-refractivity contribution in [2.24, 2.45) is 0 Å². The predicted molar refractivity (Wildman–Crippen MR) is 135 cm³/mol. The maximum atomic E-state index is 13.6. The van der Waals surface area contributed by atoms with Gasteiger partial charge in [0.2, 0.25) is 15.9 Å². The molecule has 0 spiro atoms. The van der Waals surface area contributed by atoms with Crippen LogP contribution >= 0.6 is 0 Å². The number of ether oxygens (including phenoxy) is 1. The molecular weight excluding hydrogens is 478 g/mol. The first-order chi connectivity index (χ1) is 17.3. The summed E-state index contributed by atoms with van der Waals surface area (Å²) in [6.07, 6.45) is 8.84. The molecule has 2 aliphatic carbocycles. The molecule has 1 heterocycles. The lowest BCUT2D eigenvalue weighted by Gasteiger charge is -2.38. The third-order valence-corrected chi connectivity index (χ3v) is 9.04. The van der Waals surface area contributed by atoms with E-state index in [4.69, 9.17) is 4.74 Å². The van der Waals surface area contributed by atoms with Crippen molar-refractivity contribution in [3.8, 4) is 5.75 Å². The number of amides is 3. The lowest BCUT2D eigenvalue weighted by molar-refractivity contribution is -0.118. The highest BCUT2D eigenvalue weighted by Gasteiger charge is 2.38. The highest BCUT2D eigenvalue weighted by molar-refractivity contribution is 7.89. The summed E-state index contributed by atoms with van der Waals surface area (Å²) in [5, 5.41) is 2.28. The zero-order chi connectivity index (χ0) is 25.2. The topological polar surface area (TPSA) is 105 Å². The van der Waals surface area contributed by atoms with Crippen molar-refractivity contribution in [2.45, 2.75) is 80.9 Å². The molecule has 0 atom stereocenters. The smallest absolute Gasteiger partial charge is 0.324 e. The van der Waals surface area contributed by atoms with Crippen molar-refractivity contribution >= 4 is 22.0 Å². The van der Waals surface area contributed by atoms with E-state index in [1.807, 2.05) is 30.3 Å². The Hall–Kier alpha value is -2.91. The zero-order valence-corrected chi connectivity index (χ0v) is 21.2. The minimum absolute atomic E-state index is 0.0495. The molecule has 3 amide bonds. The van der Waals surface area contributed by atoms with Gasteiger partial charge >= 0.3 is 6.03 Å². The van der Waals surface area contributed by atoms with Crippen molar-refractivity contribution in [2.75, 3.05) is 6.54 Å². The van der Waals surface area contributed by atoms with Gasteiger partial charge in [0, 0.05) is 12.6 Å². The number of carbonyl (C=O) groups is 2. The molecular formula is C27H33N3O5S. The van der Waals surface area contributed by atoms with Crippen molar-refractivity contribution in [3.05, 3.63) is 59.7 Å². The first kappa shape index (κ1) is 24.8. The molecule has 8 nitrogen and oxygen atoms in total. The molecule has 0 unspecified atom stereocenters. The molecule has 3 aliphatic rings. The van der Waals surface area contributed by atoms with Crippen LogP contribution in [0.1, 0.15) is 68.9 Å². The highest BCUT2D eigenvalue weighted by Crippen LogP contribution is 2.39. The van der Waals surface area contributed by atoms with Gasteiger partial charge in [0.25, 0.3) is 0 Å². The first-order valence-electron chi connectivity index (χ1n) is 12.8. The van der Waals surface area contributed by atoms with E-state index < -0.39 is 15.6 Å². The van der Waals surface area contributed by atoms with E-state index in [0.717, 1.165) is 56.1 Å². The SMILES string of the molecule is O=C1CN(Cc2ccc(C3(NS(=O)(=O)c4cccc(OC5CCCC5)c4)CCCCC3)cc2)C(=O)N1. The fraction of sp³-hybridized carbons (Fsp3) is 0.481. The largest absolute Gasteiger partial charge is 0.490 e. The summed E-state index contributed by atoms with van der Waals surface area (Å²) in [4.78, 5) is 25.0. The number of nitrogens with zero attached hydrogens (tertiary/aromatic N) is 1. The van der Waals surface area contributed by atoms with Crippen LogP contribution in [-0.4, -0.2) is 37.9 Å². The van der Waals surface area contributed by atoms with Crippen LogP contribution in [0.3, 0.4) is 0 Å². The number of hydrogen-bond donors (Lipinski definition) is 2. The molecule has 2 aromatic rings. The van der Waals surface area contributed by atoms with E-state index in [0.29, 0.717) is 25.1 Å². The van der Waals surface area contributed by atoms with E-state index in [2.05, 4.69) is 10.0 Å². The van der Waals surface area contributed by atoms with Crippen molar-refractivity contribution in [3.63, 3.8) is 0 Å². The predicted octanol–water partition coefficient (Wildman–Crippen LogP) is 4.20. The zero-order valence-electron chi connectivity index (χ0n) is 20.4. The lowest BCUT2D eigenvalue weighted by atomic mass is 9.77. The molecule has 1 saturated heterocycles. The van der Waals surface area contributed by atoms with E-state index in [1.165, 1.54) is 4.90 Å². The van der Waals surface area contributed by atoms with Gasteiger partial charge in [0.15, 0.2) is 0 Å². The molecule has 3 fully saturated rings. The number of imide groups is 1. The summed E-state index contributed by atoms with van der Waals surface area (Å²) in [5.74, 6) is 0.293. The second kappa shape index (κ2) is 10.2. The molecule has 36 heavy (non-hydrogen) atoms. The van der Waals surface area contributed by atoms with Gasteiger partial charge in [-0.15, -0.1) is 0 Å². The Morgan fingerprint density at radius 2 is 1.69 bits per heavy atom. The van der Waals surface area contributed by atoms with Gasteiger partial charge in [-0.05, 0) is 61.8 Å². The number of hydrogen-bond acceptors (Lipinski definition) is 5.